The van der Waals surface area contributed by atoms with E-state index in [1.54, 1.807) is 7.11 Å². The Balaban J connectivity index is 2.14. The summed E-state index contributed by atoms with van der Waals surface area (Å²) in [5.74, 6) is 2.62. The standard InChI is InChI=1S/C14H29N3O/c1-12-6-4-7-13(10-12)11-17-14(15-2)16-8-5-9-18-3/h12-13H,4-11H2,1-3H3,(H2,15,16,17). The maximum Gasteiger partial charge on any atom is 0.190 e. The minimum absolute atomic E-state index is 0.796. The zero-order valence-corrected chi connectivity index (χ0v) is 12.2. The largest absolute Gasteiger partial charge is 0.385 e. The van der Waals surface area contributed by atoms with Crippen LogP contribution in [-0.2, 0) is 4.74 Å². The number of ether oxygens (including phenoxy) is 1. The van der Waals surface area contributed by atoms with Crippen molar-refractivity contribution >= 4 is 5.96 Å². The van der Waals surface area contributed by atoms with Gasteiger partial charge in [0, 0.05) is 33.9 Å². The van der Waals surface area contributed by atoms with Gasteiger partial charge in [0.05, 0.1) is 0 Å². The summed E-state index contributed by atoms with van der Waals surface area (Å²) in [6, 6.07) is 0. The van der Waals surface area contributed by atoms with E-state index in [4.69, 9.17) is 4.74 Å². The summed E-state index contributed by atoms with van der Waals surface area (Å²) in [6.07, 6.45) is 6.51. The van der Waals surface area contributed by atoms with Crippen LogP contribution in [0, 0.1) is 11.8 Å². The molecule has 0 aromatic carbocycles. The molecule has 1 rings (SSSR count). The average molecular weight is 255 g/mol. The Morgan fingerprint density at radius 2 is 2.17 bits per heavy atom. The van der Waals surface area contributed by atoms with E-state index < -0.39 is 0 Å². The van der Waals surface area contributed by atoms with E-state index in [1.807, 2.05) is 7.05 Å². The molecule has 1 fully saturated rings. The molecule has 106 valence electrons. The van der Waals surface area contributed by atoms with Crippen molar-refractivity contribution in [3.05, 3.63) is 0 Å². The topological polar surface area (TPSA) is 45.7 Å². The van der Waals surface area contributed by atoms with Crippen molar-refractivity contribution in [3.63, 3.8) is 0 Å². The van der Waals surface area contributed by atoms with Crippen LogP contribution in [0.4, 0.5) is 0 Å². The molecular weight excluding hydrogens is 226 g/mol. The van der Waals surface area contributed by atoms with E-state index in [1.165, 1.54) is 25.7 Å². The maximum absolute atomic E-state index is 5.02. The van der Waals surface area contributed by atoms with Crippen LogP contribution in [0.25, 0.3) is 0 Å². The molecular formula is C14H29N3O. The van der Waals surface area contributed by atoms with Gasteiger partial charge in [-0.25, -0.2) is 0 Å². The Morgan fingerprint density at radius 3 is 2.83 bits per heavy atom. The summed E-state index contributed by atoms with van der Waals surface area (Å²) in [6.45, 7) is 5.12. The van der Waals surface area contributed by atoms with Crippen LogP contribution in [0.5, 0.6) is 0 Å². The maximum atomic E-state index is 5.02. The summed E-state index contributed by atoms with van der Waals surface area (Å²) in [7, 11) is 3.56. The third-order valence-electron chi connectivity index (χ3n) is 3.64. The quantitative estimate of drug-likeness (QED) is 0.433. The molecule has 18 heavy (non-hydrogen) atoms. The Labute approximate surface area is 112 Å². The molecule has 0 saturated heterocycles. The van der Waals surface area contributed by atoms with E-state index in [2.05, 4.69) is 22.5 Å². The lowest BCUT2D eigenvalue weighted by Gasteiger charge is -2.27. The molecule has 0 aromatic rings. The third kappa shape index (κ3) is 6.24. The van der Waals surface area contributed by atoms with Crippen LogP contribution in [0.1, 0.15) is 39.0 Å². The highest BCUT2D eigenvalue weighted by Gasteiger charge is 2.18. The van der Waals surface area contributed by atoms with E-state index in [0.717, 1.165) is 43.9 Å². The zero-order valence-electron chi connectivity index (χ0n) is 12.2. The van der Waals surface area contributed by atoms with E-state index in [0.29, 0.717) is 0 Å². The third-order valence-corrected chi connectivity index (χ3v) is 3.64. The first kappa shape index (κ1) is 15.3. The summed E-state index contributed by atoms with van der Waals surface area (Å²) in [5, 5.41) is 6.75. The van der Waals surface area contributed by atoms with Gasteiger partial charge in [-0.3, -0.25) is 4.99 Å². The Hall–Kier alpha value is -0.770. The molecule has 2 N–H and O–H groups in total. The monoisotopic (exact) mass is 255 g/mol. The van der Waals surface area contributed by atoms with Crippen LogP contribution in [0.3, 0.4) is 0 Å². The zero-order chi connectivity index (χ0) is 13.2. The summed E-state index contributed by atoms with van der Waals surface area (Å²) in [4.78, 5) is 4.24. The fourth-order valence-corrected chi connectivity index (χ4v) is 2.63. The minimum atomic E-state index is 0.796. The summed E-state index contributed by atoms with van der Waals surface area (Å²) in [5.41, 5.74) is 0. The molecule has 0 aromatic heterocycles. The van der Waals surface area contributed by atoms with Crippen LogP contribution in [0.15, 0.2) is 4.99 Å². The van der Waals surface area contributed by atoms with Crippen LogP contribution in [-0.4, -0.2) is 39.8 Å². The smallest absolute Gasteiger partial charge is 0.190 e. The number of aliphatic imine (C=N–C) groups is 1. The van der Waals surface area contributed by atoms with Crippen molar-refractivity contribution in [2.45, 2.75) is 39.0 Å². The highest BCUT2D eigenvalue weighted by molar-refractivity contribution is 5.79. The van der Waals surface area contributed by atoms with Crippen molar-refractivity contribution < 1.29 is 4.74 Å². The van der Waals surface area contributed by atoms with Crippen molar-refractivity contribution in [2.75, 3.05) is 33.9 Å². The highest BCUT2D eigenvalue weighted by atomic mass is 16.5. The minimum Gasteiger partial charge on any atom is -0.385 e. The number of hydrogen-bond donors (Lipinski definition) is 2. The SMILES string of the molecule is CN=C(NCCCOC)NCC1CCCC(C)C1. The molecule has 0 spiro atoms. The first-order chi connectivity index (χ1) is 8.76. The Bertz CT molecular complexity index is 243. The Kier molecular flexibility index (Phi) is 7.81. The molecule has 4 heteroatoms. The molecule has 2 atom stereocenters. The van der Waals surface area contributed by atoms with Crippen LogP contribution >= 0.6 is 0 Å². The van der Waals surface area contributed by atoms with Crippen molar-refractivity contribution in [3.8, 4) is 0 Å². The van der Waals surface area contributed by atoms with Gasteiger partial charge >= 0.3 is 0 Å². The first-order valence-electron chi connectivity index (χ1n) is 7.19. The second kappa shape index (κ2) is 9.20. The summed E-state index contributed by atoms with van der Waals surface area (Å²) < 4.78 is 5.02. The molecule has 4 nitrogen and oxygen atoms in total. The van der Waals surface area contributed by atoms with Crippen molar-refractivity contribution in [1.82, 2.24) is 10.6 Å². The van der Waals surface area contributed by atoms with Crippen LogP contribution in [0.2, 0.25) is 0 Å². The molecule has 0 heterocycles. The van der Waals surface area contributed by atoms with E-state index >= 15 is 0 Å². The fraction of sp³-hybridized carbons (Fsp3) is 0.929. The lowest BCUT2D eigenvalue weighted by molar-refractivity contribution is 0.195. The fourth-order valence-electron chi connectivity index (χ4n) is 2.63. The lowest BCUT2D eigenvalue weighted by Crippen LogP contribution is -2.41. The number of guanidine groups is 1. The van der Waals surface area contributed by atoms with E-state index in [9.17, 15) is 0 Å². The molecule has 0 aliphatic heterocycles. The van der Waals surface area contributed by atoms with Gasteiger partial charge in [-0.2, -0.15) is 0 Å². The number of methoxy groups -OCH3 is 1. The molecule has 1 aliphatic carbocycles. The number of nitrogens with zero attached hydrogens (tertiary/aromatic N) is 1. The van der Waals surface area contributed by atoms with Gasteiger partial charge in [-0.1, -0.05) is 19.8 Å². The first-order valence-corrected chi connectivity index (χ1v) is 7.19. The van der Waals surface area contributed by atoms with Crippen molar-refractivity contribution in [1.29, 1.82) is 0 Å². The lowest BCUT2D eigenvalue weighted by atomic mass is 9.82. The molecule has 0 amide bonds. The van der Waals surface area contributed by atoms with Gasteiger partial charge in [0.2, 0.25) is 0 Å². The number of rotatable bonds is 6. The van der Waals surface area contributed by atoms with Crippen molar-refractivity contribution in [2.24, 2.45) is 16.8 Å². The predicted molar refractivity (Wildman–Crippen MR) is 77.0 cm³/mol. The average Bonchev–Trinajstić information content (AvgIpc) is 2.38. The number of hydrogen-bond acceptors (Lipinski definition) is 2. The van der Waals surface area contributed by atoms with Gasteiger partial charge in [0.25, 0.3) is 0 Å². The van der Waals surface area contributed by atoms with E-state index in [-0.39, 0.29) is 0 Å². The second-order valence-corrected chi connectivity index (χ2v) is 5.36. The molecule has 0 bridgehead atoms. The van der Waals surface area contributed by atoms with Gasteiger partial charge in [0.15, 0.2) is 5.96 Å². The number of nitrogens with one attached hydrogen (secondary N) is 2. The van der Waals surface area contributed by atoms with Gasteiger partial charge in [-0.05, 0) is 31.1 Å². The Morgan fingerprint density at radius 1 is 1.33 bits per heavy atom. The molecule has 2 unspecified atom stereocenters. The molecule has 1 saturated carbocycles. The van der Waals surface area contributed by atoms with Gasteiger partial charge < -0.3 is 15.4 Å². The second-order valence-electron chi connectivity index (χ2n) is 5.36. The van der Waals surface area contributed by atoms with Crippen LogP contribution < -0.4 is 10.6 Å². The molecule has 1 aliphatic rings. The van der Waals surface area contributed by atoms with Gasteiger partial charge in [0.1, 0.15) is 0 Å². The van der Waals surface area contributed by atoms with Gasteiger partial charge in [-0.15, -0.1) is 0 Å². The predicted octanol–water partition coefficient (Wildman–Crippen LogP) is 2.01. The highest BCUT2D eigenvalue weighted by Crippen LogP contribution is 2.27. The summed E-state index contributed by atoms with van der Waals surface area (Å²) >= 11 is 0. The normalized spacial score (nSPS) is 24.9. The molecule has 0 radical (unpaired) electrons.